The Labute approximate surface area is 121 Å². The third-order valence-corrected chi connectivity index (χ3v) is 4.85. The summed E-state index contributed by atoms with van der Waals surface area (Å²) in [5.41, 5.74) is 0.737. The zero-order valence-electron chi connectivity index (χ0n) is 8.50. The third-order valence-electron chi connectivity index (χ3n) is 2.52. The predicted octanol–water partition coefficient (Wildman–Crippen LogP) is 2.74. The van der Waals surface area contributed by atoms with Gasteiger partial charge >= 0.3 is 0 Å². The molecule has 1 amide bonds. The van der Waals surface area contributed by atoms with Crippen molar-refractivity contribution in [2.45, 2.75) is 6.04 Å². The summed E-state index contributed by atoms with van der Waals surface area (Å²) in [7, 11) is 1.85. The van der Waals surface area contributed by atoms with E-state index in [0.29, 0.717) is 6.04 Å². The highest BCUT2D eigenvalue weighted by molar-refractivity contribution is 9.12. The van der Waals surface area contributed by atoms with Gasteiger partial charge in [-0.1, -0.05) is 0 Å². The molecule has 0 unspecified atom stereocenters. The molecule has 1 aromatic heterocycles. The molecule has 7 heteroatoms. The highest BCUT2D eigenvalue weighted by atomic mass is 79.9. The maximum Gasteiger partial charge on any atom is 0.255 e. The molecule has 90 valence electrons. The highest BCUT2D eigenvalue weighted by Crippen LogP contribution is 2.32. The lowest BCUT2D eigenvalue weighted by molar-refractivity contribution is 0.0681. The molecule has 1 aromatic rings. The Morgan fingerprint density at radius 1 is 1.56 bits per heavy atom. The van der Waals surface area contributed by atoms with Gasteiger partial charge in [0.2, 0.25) is 0 Å². The van der Waals surface area contributed by atoms with Gasteiger partial charge in [0.05, 0.1) is 19.2 Å². The van der Waals surface area contributed by atoms with E-state index < -0.39 is 0 Å². The van der Waals surface area contributed by atoms with Crippen molar-refractivity contribution in [3.63, 3.8) is 0 Å². The summed E-state index contributed by atoms with van der Waals surface area (Å²) >= 11 is 8.30. The van der Waals surface area contributed by atoms with Crippen molar-refractivity contribution in [2.75, 3.05) is 20.1 Å². The summed E-state index contributed by atoms with van der Waals surface area (Å²) in [4.78, 5) is 13.9. The summed E-state index contributed by atoms with van der Waals surface area (Å²) in [5.74, 6) is 0.0790. The van der Waals surface area contributed by atoms with Crippen molar-refractivity contribution in [1.82, 2.24) is 10.2 Å². The topological polar surface area (TPSA) is 32.3 Å². The van der Waals surface area contributed by atoms with Crippen LogP contribution in [-0.4, -0.2) is 37.0 Å². The number of nitrogens with one attached hydrogen (secondary N) is 1. The molecular weight excluding hydrogens is 379 g/mol. The first-order chi connectivity index (χ1) is 7.09. The van der Waals surface area contributed by atoms with Crippen LogP contribution in [0, 0.1) is 0 Å². The number of carbonyl (C=O) groups is 1. The summed E-state index contributed by atoms with van der Waals surface area (Å²) in [6.45, 7) is 1.79. The molecule has 1 aliphatic rings. The van der Waals surface area contributed by atoms with Gasteiger partial charge in [0.15, 0.2) is 0 Å². The molecule has 1 N–H and O–H groups in total. The van der Waals surface area contributed by atoms with Crippen molar-refractivity contribution in [1.29, 1.82) is 0 Å². The Morgan fingerprint density at radius 3 is 2.56 bits per heavy atom. The van der Waals surface area contributed by atoms with Crippen molar-refractivity contribution in [3.8, 4) is 0 Å². The minimum atomic E-state index is 0. The molecule has 0 bridgehead atoms. The lowest BCUT2D eigenvalue weighted by Gasteiger charge is -2.35. The first-order valence-electron chi connectivity index (χ1n) is 4.52. The van der Waals surface area contributed by atoms with Gasteiger partial charge in [-0.25, -0.2) is 0 Å². The Hall–Kier alpha value is 0.380. The van der Waals surface area contributed by atoms with Gasteiger partial charge < -0.3 is 10.2 Å². The predicted molar refractivity (Wildman–Crippen MR) is 75.7 cm³/mol. The SMILES string of the molecule is CN(C(=O)c1cc(Br)sc1Br)C1CNC1.Cl. The number of nitrogens with zero attached hydrogens (tertiary/aromatic N) is 1. The normalized spacial score (nSPS) is 15.2. The van der Waals surface area contributed by atoms with Crippen LogP contribution in [0.25, 0.3) is 0 Å². The van der Waals surface area contributed by atoms with E-state index in [1.807, 2.05) is 13.1 Å². The zero-order chi connectivity index (χ0) is 11.0. The maximum absolute atomic E-state index is 12.1. The third kappa shape index (κ3) is 2.79. The number of hydrogen-bond donors (Lipinski definition) is 1. The van der Waals surface area contributed by atoms with Gasteiger partial charge in [0.1, 0.15) is 0 Å². The number of thiophene rings is 1. The highest BCUT2D eigenvalue weighted by Gasteiger charge is 2.27. The van der Waals surface area contributed by atoms with Crippen LogP contribution in [0.2, 0.25) is 0 Å². The Bertz CT molecular complexity index is 395. The fraction of sp³-hybridized carbons (Fsp3) is 0.444. The van der Waals surface area contributed by atoms with Crippen LogP contribution in [0.4, 0.5) is 0 Å². The minimum Gasteiger partial charge on any atom is -0.336 e. The quantitative estimate of drug-likeness (QED) is 0.842. The standard InChI is InChI=1S/C9H10Br2N2OS.ClH/c1-13(5-3-12-4-5)9(14)6-2-7(10)15-8(6)11;/h2,5,12H,3-4H2,1H3;1H. The molecule has 16 heavy (non-hydrogen) atoms. The number of halogens is 3. The molecule has 0 atom stereocenters. The van der Waals surface area contributed by atoms with Crippen LogP contribution < -0.4 is 5.32 Å². The summed E-state index contributed by atoms with van der Waals surface area (Å²) in [5, 5.41) is 3.16. The van der Waals surface area contributed by atoms with Gasteiger partial charge in [-0.05, 0) is 37.9 Å². The molecule has 0 aromatic carbocycles. The second-order valence-electron chi connectivity index (χ2n) is 3.47. The molecule has 3 nitrogen and oxygen atoms in total. The van der Waals surface area contributed by atoms with E-state index in [4.69, 9.17) is 0 Å². The molecule has 0 radical (unpaired) electrons. The number of likely N-dealkylation sites (N-methyl/N-ethyl adjacent to an activating group) is 1. The fourth-order valence-corrected chi connectivity index (χ4v) is 4.17. The van der Waals surface area contributed by atoms with Crippen molar-refractivity contribution < 1.29 is 4.79 Å². The van der Waals surface area contributed by atoms with E-state index in [1.165, 1.54) is 11.3 Å². The van der Waals surface area contributed by atoms with Gasteiger partial charge in [0.25, 0.3) is 5.91 Å². The molecule has 1 aliphatic heterocycles. The van der Waals surface area contributed by atoms with E-state index in [2.05, 4.69) is 37.2 Å². The summed E-state index contributed by atoms with van der Waals surface area (Å²) < 4.78 is 1.86. The Kier molecular flexibility index (Phi) is 5.25. The van der Waals surface area contributed by atoms with E-state index in [0.717, 1.165) is 26.2 Å². The van der Waals surface area contributed by atoms with E-state index in [9.17, 15) is 4.79 Å². The molecule has 0 saturated carbocycles. The van der Waals surface area contributed by atoms with Crippen molar-refractivity contribution in [3.05, 3.63) is 19.2 Å². The lowest BCUT2D eigenvalue weighted by Crippen LogP contribution is -2.57. The molecule has 2 heterocycles. The second kappa shape index (κ2) is 5.82. The molecule has 0 aliphatic carbocycles. The average molecular weight is 391 g/mol. The fourth-order valence-electron chi connectivity index (χ4n) is 1.39. The van der Waals surface area contributed by atoms with E-state index in [-0.39, 0.29) is 18.3 Å². The lowest BCUT2D eigenvalue weighted by atomic mass is 10.1. The minimum absolute atomic E-state index is 0. The van der Waals surface area contributed by atoms with Gasteiger partial charge in [-0.3, -0.25) is 4.79 Å². The van der Waals surface area contributed by atoms with Crippen molar-refractivity contribution in [2.24, 2.45) is 0 Å². The Balaban J connectivity index is 0.00000128. The maximum atomic E-state index is 12.1. The number of rotatable bonds is 2. The van der Waals surface area contributed by atoms with Gasteiger partial charge in [-0.2, -0.15) is 0 Å². The molecule has 0 spiro atoms. The molecule has 2 rings (SSSR count). The van der Waals surface area contributed by atoms with Crippen LogP contribution >= 0.6 is 55.6 Å². The molecule has 1 fully saturated rings. The van der Waals surface area contributed by atoms with Crippen LogP contribution in [0.5, 0.6) is 0 Å². The number of carbonyl (C=O) groups excluding carboxylic acids is 1. The summed E-state index contributed by atoms with van der Waals surface area (Å²) in [6.07, 6.45) is 0. The van der Waals surface area contributed by atoms with Crippen LogP contribution in [-0.2, 0) is 0 Å². The monoisotopic (exact) mass is 388 g/mol. The average Bonchev–Trinajstić information content (AvgIpc) is 2.41. The van der Waals surface area contributed by atoms with E-state index >= 15 is 0 Å². The molecular formula is C9H11Br2ClN2OS. The van der Waals surface area contributed by atoms with Crippen molar-refractivity contribution >= 4 is 61.5 Å². The summed E-state index contributed by atoms with van der Waals surface area (Å²) in [6, 6.07) is 2.20. The number of hydrogen-bond acceptors (Lipinski definition) is 3. The Morgan fingerprint density at radius 2 is 2.19 bits per heavy atom. The number of amides is 1. The van der Waals surface area contributed by atoms with Gasteiger partial charge in [-0.15, -0.1) is 23.7 Å². The second-order valence-corrected chi connectivity index (χ2v) is 7.22. The first-order valence-corrected chi connectivity index (χ1v) is 6.92. The van der Waals surface area contributed by atoms with E-state index in [1.54, 1.807) is 4.90 Å². The van der Waals surface area contributed by atoms with Crippen LogP contribution in [0.15, 0.2) is 13.6 Å². The zero-order valence-corrected chi connectivity index (χ0v) is 13.3. The van der Waals surface area contributed by atoms with Crippen LogP contribution in [0.1, 0.15) is 10.4 Å². The first kappa shape index (κ1) is 14.4. The smallest absolute Gasteiger partial charge is 0.255 e. The largest absolute Gasteiger partial charge is 0.336 e. The van der Waals surface area contributed by atoms with Crippen LogP contribution in [0.3, 0.4) is 0 Å². The van der Waals surface area contributed by atoms with Gasteiger partial charge in [0, 0.05) is 20.1 Å². The molecule has 1 saturated heterocycles.